The SMILES string of the molecule is COC(N)(C[N+](=O)[O-])c1cccs1. The van der Waals surface area contributed by atoms with Gasteiger partial charge in [-0.15, -0.1) is 11.3 Å². The number of hydrogen-bond acceptors (Lipinski definition) is 5. The van der Waals surface area contributed by atoms with Crippen LogP contribution in [0.25, 0.3) is 0 Å². The first kappa shape index (κ1) is 10.1. The maximum absolute atomic E-state index is 10.3. The quantitative estimate of drug-likeness (QED) is 0.444. The third kappa shape index (κ3) is 2.24. The largest absolute Gasteiger partial charge is 0.353 e. The fraction of sp³-hybridized carbons (Fsp3) is 0.429. The van der Waals surface area contributed by atoms with Gasteiger partial charge in [0.05, 0.1) is 4.88 Å². The lowest BCUT2D eigenvalue weighted by molar-refractivity contribution is -0.503. The van der Waals surface area contributed by atoms with E-state index in [2.05, 4.69) is 0 Å². The highest BCUT2D eigenvalue weighted by Crippen LogP contribution is 2.23. The molecule has 0 spiro atoms. The Balaban J connectivity index is 2.87. The lowest BCUT2D eigenvalue weighted by Gasteiger charge is -2.21. The highest BCUT2D eigenvalue weighted by atomic mass is 32.1. The van der Waals surface area contributed by atoms with Crippen molar-refractivity contribution in [1.29, 1.82) is 0 Å². The molecule has 1 unspecified atom stereocenters. The Hall–Kier alpha value is -0.980. The maximum Gasteiger partial charge on any atom is 0.250 e. The summed E-state index contributed by atoms with van der Waals surface area (Å²) in [6.45, 7) is -0.427. The summed E-state index contributed by atoms with van der Waals surface area (Å²) >= 11 is 1.34. The van der Waals surface area contributed by atoms with E-state index in [1.807, 2.05) is 0 Å². The lowest BCUT2D eigenvalue weighted by atomic mass is 10.2. The van der Waals surface area contributed by atoms with Crippen molar-refractivity contribution >= 4 is 11.3 Å². The molecule has 2 N–H and O–H groups in total. The number of thiophene rings is 1. The number of nitrogens with zero attached hydrogens (tertiary/aromatic N) is 1. The van der Waals surface area contributed by atoms with Crippen LogP contribution in [0.15, 0.2) is 17.5 Å². The summed E-state index contributed by atoms with van der Waals surface area (Å²) in [5.74, 6) is 0. The van der Waals surface area contributed by atoms with E-state index in [0.29, 0.717) is 4.88 Å². The highest BCUT2D eigenvalue weighted by Gasteiger charge is 2.34. The van der Waals surface area contributed by atoms with E-state index in [9.17, 15) is 10.1 Å². The van der Waals surface area contributed by atoms with Crippen molar-refractivity contribution in [2.75, 3.05) is 13.7 Å². The fourth-order valence-electron chi connectivity index (χ4n) is 0.954. The Bertz CT molecular complexity index is 288. The third-order valence-corrected chi connectivity index (χ3v) is 2.70. The van der Waals surface area contributed by atoms with E-state index < -0.39 is 17.2 Å². The van der Waals surface area contributed by atoms with Gasteiger partial charge in [-0.2, -0.15) is 0 Å². The molecule has 1 aromatic heterocycles. The molecule has 1 atom stereocenters. The average molecular weight is 202 g/mol. The Labute approximate surface area is 79.3 Å². The molecule has 1 heterocycles. The predicted octanol–water partition coefficient (Wildman–Crippen LogP) is 0.783. The van der Waals surface area contributed by atoms with E-state index >= 15 is 0 Å². The highest BCUT2D eigenvalue weighted by molar-refractivity contribution is 7.10. The first-order chi connectivity index (χ1) is 6.08. The van der Waals surface area contributed by atoms with Crippen LogP contribution in [0.3, 0.4) is 0 Å². The molecule has 0 bridgehead atoms. The number of nitro groups is 1. The van der Waals surface area contributed by atoms with Gasteiger partial charge in [0.25, 0.3) is 6.54 Å². The summed E-state index contributed by atoms with van der Waals surface area (Å²) in [5.41, 5.74) is 4.42. The van der Waals surface area contributed by atoms with Gasteiger partial charge in [0, 0.05) is 12.0 Å². The minimum atomic E-state index is -1.29. The molecule has 1 rings (SSSR count). The molecule has 0 aliphatic carbocycles. The zero-order chi connectivity index (χ0) is 9.90. The first-order valence-electron chi connectivity index (χ1n) is 3.58. The zero-order valence-electron chi connectivity index (χ0n) is 7.10. The molecule has 0 fully saturated rings. The van der Waals surface area contributed by atoms with Crippen LogP contribution in [-0.2, 0) is 10.5 Å². The van der Waals surface area contributed by atoms with Crippen molar-refractivity contribution in [2.45, 2.75) is 5.72 Å². The van der Waals surface area contributed by atoms with Crippen molar-refractivity contribution in [3.8, 4) is 0 Å². The van der Waals surface area contributed by atoms with Crippen LogP contribution in [0.2, 0.25) is 0 Å². The molecular formula is C7H10N2O3S. The molecule has 0 saturated carbocycles. The van der Waals surface area contributed by atoms with Crippen molar-refractivity contribution in [2.24, 2.45) is 5.73 Å². The molecule has 72 valence electrons. The topological polar surface area (TPSA) is 78.4 Å². The number of methoxy groups -OCH3 is 1. The van der Waals surface area contributed by atoms with Gasteiger partial charge in [-0.05, 0) is 11.4 Å². The molecular weight excluding hydrogens is 192 g/mol. The summed E-state index contributed by atoms with van der Waals surface area (Å²) in [4.78, 5) is 10.5. The van der Waals surface area contributed by atoms with E-state index in [-0.39, 0.29) is 0 Å². The van der Waals surface area contributed by atoms with Gasteiger partial charge in [0.2, 0.25) is 5.72 Å². The van der Waals surface area contributed by atoms with Crippen LogP contribution in [0.5, 0.6) is 0 Å². The molecule has 13 heavy (non-hydrogen) atoms. The van der Waals surface area contributed by atoms with Crippen molar-refractivity contribution in [3.05, 3.63) is 32.5 Å². The van der Waals surface area contributed by atoms with Gasteiger partial charge in [-0.25, -0.2) is 0 Å². The molecule has 5 nitrogen and oxygen atoms in total. The second-order valence-electron chi connectivity index (χ2n) is 2.56. The average Bonchev–Trinajstić information content (AvgIpc) is 2.55. The van der Waals surface area contributed by atoms with Gasteiger partial charge in [0.15, 0.2) is 0 Å². The van der Waals surface area contributed by atoms with E-state index in [4.69, 9.17) is 10.5 Å². The summed E-state index contributed by atoms with van der Waals surface area (Å²) in [7, 11) is 1.36. The first-order valence-corrected chi connectivity index (χ1v) is 4.46. The number of hydrogen-bond donors (Lipinski definition) is 1. The predicted molar refractivity (Wildman–Crippen MR) is 49.1 cm³/mol. The molecule has 6 heteroatoms. The Kier molecular flexibility index (Phi) is 2.97. The lowest BCUT2D eigenvalue weighted by Crippen LogP contribution is -2.44. The van der Waals surface area contributed by atoms with Crippen LogP contribution in [0.1, 0.15) is 4.88 Å². The smallest absolute Gasteiger partial charge is 0.250 e. The second kappa shape index (κ2) is 3.82. The van der Waals surface area contributed by atoms with E-state index in [0.717, 1.165) is 0 Å². The van der Waals surface area contributed by atoms with Gasteiger partial charge >= 0.3 is 0 Å². The monoisotopic (exact) mass is 202 g/mol. The van der Waals surface area contributed by atoms with E-state index in [1.165, 1.54) is 18.4 Å². The van der Waals surface area contributed by atoms with Gasteiger partial charge in [0.1, 0.15) is 0 Å². The third-order valence-electron chi connectivity index (χ3n) is 1.67. The van der Waals surface area contributed by atoms with Crippen molar-refractivity contribution in [1.82, 2.24) is 0 Å². The molecule has 0 aliphatic heterocycles. The van der Waals surface area contributed by atoms with E-state index in [1.54, 1.807) is 17.5 Å². The summed E-state index contributed by atoms with van der Waals surface area (Å²) in [6.07, 6.45) is 0. The molecule has 0 amide bonds. The van der Waals surface area contributed by atoms with Crippen molar-refractivity contribution < 1.29 is 9.66 Å². The van der Waals surface area contributed by atoms with Crippen molar-refractivity contribution in [3.63, 3.8) is 0 Å². The van der Waals surface area contributed by atoms with Crippen LogP contribution in [0.4, 0.5) is 0 Å². The Morgan fingerprint density at radius 3 is 2.92 bits per heavy atom. The Morgan fingerprint density at radius 1 is 1.85 bits per heavy atom. The summed E-state index contributed by atoms with van der Waals surface area (Å²) in [6, 6.07) is 3.50. The minimum Gasteiger partial charge on any atom is -0.353 e. The van der Waals surface area contributed by atoms with Gasteiger partial charge in [-0.1, -0.05) is 6.07 Å². The summed E-state index contributed by atoms with van der Waals surface area (Å²) < 4.78 is 4.94. The van der Waals surface area contributed by atoms with Crippen LogP contribution >= 0.6 is 11.3 Å². The molecule has 0 aromatic carbocycles. The zero-order valence-corrected chi connectivity index (χ0v) is 7.91. The molecule has 0 radical (unpaired) electrons. The van der Waals surface area contributed by atoms with Crippen LogP contribution in [-0.4, -0.2) is 18.6 Å². The standard InChI is InChI=1S/C7H10N2O3S/c1-12-7(8,5-9(10)11)6-3-2-4-13-6/h2-4H,5,8H2,1H3. The van der Waals surface area contributed by atoms with Gasteiger partial charge in [-0.3, -0.25) is 15.8 Å². The van der Waals surface area contributed by atoms with Gasteiger partial charge < -0.3 is 4.74 Å². The number of nitrogens with two attached hydrogens (primary N) is 1. The van der Waals surface area contributed by atoms with Crippen LogP contribution in [0, 0.1) is 10.1 Å². The Morgan fingerprint density at radius 2 is 2.54 bits per heavy atom. The normalized spacial score (nSPS) is 15.2. The molecule has 0 aliphatic rings. The fourth-order valence-corrected chi connectivity index (χ4v) is 1.76. The minimum absolute atomic E-state index is 0.427. The van der Waals surface area contributed by atoms with Crippen LogP contribution < -0.4 is 5.73 Å². The number of ether oxygens (including phenoxy) is 1. The molecule has 1 aromatic rings. The maximum atomic E-state index is 10.3. The summed E-state index contributed by atoms with van der Waals surface area (Å²) in [5, 5.41) is 12.1. The molecule has 0 saturated heterocycles. The second-order valence-corrected chi connectivity index (χ2v) is 3.51. The number of rotatable bonds is 4.